The van der Waals surface area contributed by atoms with Gasteiger partial charge >= 0.3 is 5.97 Å². The number of methoxy groups -OCH3 is 1. The minimum absolute atomic E-state index is 0.293. The molecule has 0 saturated heterocycles. The molecule has 194 valence electrons. The van der Waals surface area contributed by atoms with Gasteiger partial charge in [0.25, 0.3) is 0 Å². The van der Waals surface area contributed by atoms with Gasteiger partial charge in [-0.15, -0.1) is 0 Å². The summed E-state index contributed by atoms with van der Waals surface area (Å²) < 4.78 is 14.8. The van der Waals surface area contributed by atoms with Gasteiger partial charge in [0.1, 0.15) is 17.6 Å². The third kappa shape index (κ3) is 4.87. The van der Waals surface area contributed by atoms with Crippen molar-refractivity contribution >= 4 is 5.97 Å². The van der Waals surface area contributed by atoms with Crippen LogP contribution in [0.15, 0.2) is 36.7 Å². The molecule has 0 bridgehead atoms. The van der Waals surface area contributed by atoms with E-state index in [0.717, 1.165) is 29.2 Å². The summed E-state index contributed by atoms with van der Waals surface area (Å²) in [6, 6.07) is 11.4. The fourth-order valence-corrected chi connectivity index (χ4v) is 4.59. The third-order valence-corrected chi connectivity index (χ3v) is 6.67. The van der Waals surface area contributed by atoms with Gasteiger partial charge in [0, 0.05) is 24.6 Å². The van der Waals surface area contributed by atoms with Crippen LogP contribution >= 0.6 is 0 Å². The van der Waals surface area contributed by atoms with Gasteiger partial charge in [-0.2, -0.15) is 15.5 Å². The quantitative estimate of drug-likeness (QED) is 0.307. The molecule has 4 aromatic rings. The first kappa shape index (κ1) is 25.1. The normalized spacial score (nSPS) is 12.8. The monoisotopic (exact) mass is 511 g/mol. The zero-order chi connectivity index (χ0) is 26.8. The van der Waals surface area contributed by atoms with Crippen LogP contribution in [0.1, 0.15) is 58.5 Å². The topological polar surface area (TPSA) is 121 Å². The standard InChI is InChI=1S/C28H29N7O3/c1-5-38-28(36)25-17(2)32-35(18(25)3)24-13-22(30-16-31-24)12-23-27(37-4)26(33-34(23)15-20-6-7-20)21-10-8-19(14-29)9-11-21/h8-11,13,16,20H,5-7,12,15H2,1-4H3. The van der Waals surface area contributed by atoms with Crippen LogP contribution in [0.25, 0.3) is 17.1 Å². The van der Waals surface area contributed by atoms with E-state index in [1.54, 1.807) is 37.8 Å². The number of nitrogens with zero attached hydrogens (tertiary/aromatic N) is 7. The average Bonchev–Trinajstić information content (AvgIpc) is 3.60. The van der Waals surface area contributed by atoms with E-state index in [2.05, 4.69) is 21.1 Å². The average molecular weight is 512 g/mol. The van der Waals surface area contributed by atoms with E-state index in [1.165, 1.54) is 19.2 Å². The fourth-order valence-electron chi connectivity index (χ4n) is 4.59. The summed E-state index contributed by atoms with van der Waals surface area (Å²) in [4.78, 5) is 21.4. The molecule has 0 atom stereocenters. The van der Waals surface area contributed by atoms with Crippen LogP contribution in [0.3, 0.4) is 0 Å². The number of hydrogen-bond acceptors (Lipinski definition) is 8. The SMILES string of the molecule is CCOC(=O)c1c(C)nn(-c2cc(Cc3c(OC)c(-c4ccc(C#N)cc4)nn3CC3CC3)ncn2)c1C. The van der Waals surface area contributed by atoms with Crippen LogP contribution < -0.4 is 4.74 Å². The molecule has 1 saturated carbocycles. The van der Waals surface area contributed by atoms with E-state index in [4.69, 9.17) is 14.6 Å². The van der Waals surface area contributed by atoms with Crippen molar-refractivity contribution in [2.24, 2.45) is 5.92 Å². The van der Waals surface area contributed by atoms with E-state index >= 15 is 0 Å². The molecule has 0 radical (unpaired) electrons. The molecule has 0 spiro atoms. The molecule has 3 heterocycles. The van der Waals surface area contributed by atoms with Gasteiger partial charge in [-0.05, 0) is 51.7 Å². The second-order valence-corrected chi connectivity index (χ2v) is 9.37. The Hall–Kier alpha value is -4.52. The van der Waals surface area contributed by atoms with E-state index in [1.807, 2.05) is 29.8 Å². The number of carbonyl (C=O) groups excluding carboxylic acids is 1. The van der Waals surface area contributed by atoms with Crippen molar-refractivity contribution in [2.45, 2.75) is 46.6 Å². The van der Waals surface area contributed by atoms with Crippen LogP contribution in [0, 0.1) is 31.1 Å². The van der Waals surface area contributed by atoms with E-state index in [-0.39, 0.29) is 0 Å². The largest absolute Gasteiger partial charge is 0.492 e. The minimum atomic E-state index is -0.396. The number of aryl methyl sites for hydroxylation is 1. The molecular weight excluding hydrogens is 482 g/mol. The Balaban J connectivity index is 1.52. The van der Waals surface area contributed by atoms with Crippen molar-refractivity contribution in [1.29, 1.82) is 5.26 Å². The highest BCUT2D eigenvalue weighted by atomic mass is 16.5. The van der Waals surface area contributed by atoms with Gasteiger partial charge in [0.2, 0.25) is 0 Å². The highest BCUT2D eigenvalue weighted by Crippen LogP contribution is 2.37. The molecule has 5 rings (SSSR count). The van der Waals surface area contributed by atoms with Crippen LogP contribution in [-0.4, -0.2) is 49.2 Å². The van der Waals surface area contributed by atoms with Crippen LogP contribution in [0.2, 0.25) is 0 Å². The highest BCUT2D eigenvalue weighted by molar-refractivity contribution is 5.92. The Kier molecular flexibility index (Phi) is 6.92. The molecular formula is C28H29N7O3. The molecule has 0 N–H and O–H groups in total. The van der Waals surface area contributed by atoms with E-state index in [9.17, 15) is 10.1 Å². The van der Waals surface area contributed by atoms with Crippen LogP contribution in [-0.2, 0) is 17.7 Å². The number of ether oxygens (including phenoxy) is 2. The summed E-state index contributed by atoms with van der Waals surface area (Å²) in [7, 11) is 1.65. The number of esters is 1. The molecule has 3 aromatic heterocycles. The Morgan fingerprint density at radius 1 is 1.16 bits per heavy atom. The van der Waals surface area contributed by atoms with Crippen molar-refractivity contribution in [3.8, 4) is 28.9 Å². The molecule has 1 aromatic carbocycles. The molecule has 0 aliphatic heterocycles. The molecule has 1 aliphatic rings. The number of hydrogen-bond donors (Lipinski definition) is 0. The molecule has 1 aliphatic carbocycles. The Morgan fingerprint density at radius 2 is 1.92 bits per heavy atom. The smallest absolute Gasteiger partial charge is 0.341 e. The van der Waals surface area contributed by atoms with Crippen LogP contribution in [0.5, 0.6) is 5.75 Å². The van der Waals surface area contributed by atoms with Crippen molar-refractivity contribution in [1.82, 2.24) is 29.5 Å². The summed E-state index contributed by atoms with van der Waals surface area (Å²) in [6.07, 6.45) is 4.35. The van der Waals surface area contributed by atoms with Gasteiger partial charge in [-0.3, -0.25) is 4.68 Å². The number of nitriles is 1. The first-order valence-corrected chi connectivity index (χ1v) is 12.6. The van der Waals surface area contributed by atoms with Crippen LogP contribution in [0.4, 0.5) is 0 Å². The number of benzene rings is 1. The summed E-state index contributed by atoms with van der Waals surface area (Å²) in [5.41, 5.74) is 5.58. The molecule has 10 nitrogen and oxygen atoms in total. The highest BCUT2D eigenvalue weighted by Gasteiger charge is 2.28. The Labute approximate surface area is 220 Å². The zero-order valence-electron chi connectivity index (χ0n) is 21.9. The lowest BCUT2D eigenvalue weighted by Crippen LogP contribution is -2.10. The molecule has 38 heavy (non-hydrogen) atoms. The van der Waals surface area contributed by atoms with Crippen molar-refractivity contribution in [2.75, 3.05) is 13.7 Å². The number of carbonyl (C=O) groups is 1. The fraction of sp³-hybridized carbons (Fsp3) is 0.357. The molecule has 10 heteroatoms. The van der Waals surface area contributed by atoms with Gasteiger partial charge in [-0.1, -0.05) is 12.1 Å². The Morgan fingerprint density at radius 3 is 2.58 bits per heavy atom. The molecule has 0 amide bonds. The minimum Gasteiger partial charge on any atom is -0.492 e. The molecule has 1 fully saturated rings. The summed E-state index contributed by atoms with van der Waals surface area (Å²) in [5, 5.41) is 18.6. The summed E-state index contributed by atoms with van der Waals surface area (Å²) in [5.74, 6) is 1.45. The molecule has 0 unspecified atom stereocenters. The maximum Gasteiger partial charge on any atom is 0.341 e. The van der Waals surface area contributed by atoms with E-state index < -0.39 is 5.97 Å². The predicted octanol–water partition coefficient (Wildman–Crippen LogP) is 4.20. The predicted molar refractivity (Wildman–Crippen MR) is 139 cm³/mol. The first-order chi connectivity index (χ1) is 18.4. The van der Waals surface area contributed by atoms with Gasteiger partial charge in [0.05, 0.1) is 48.1 Å². The van der Waals surface area contributed by atoms with Gasteiger partial charge in [-0.25, -0.2) is 19.4 Å². The second-order valence-electron chi connectivity index (χ2n) is 9.37. The lowest BCUT2D eigenvalue weighted by Gasteiger charge is -2.10. The maximum absolute atomic E-state index is 12.4. The number of rotatable bonds is 9. The summed E-state index contributed by atoms with van der Waals surface area (Å²) >= 11 is 0. The lowest BCUT2D eigenvalue weighted by atomic mass is 10.1. The maximum atomic E-state index is 12.4. The van der Waals surface area contributed by atoms with Crippen molar-refractivity contribution < 1.29 is 14.3 Å². The third-order valence-electron chi connectivity index (χ3n) is 6.67. The van der Waals surface area contributed by atoms with Crippen molar-refractivity contribution in [3.05, 3.63) is 70.6 Å². The van der Waals surface area contributed by atoms with E-state index in [0.29, 0.717) is 53.0 Å². The van der Waals surface area contributed by atoms with Gasteiger partial charge in [0.15, 0.2) is 11.6 Å². The van der Waals surface area contributed by atoms with Gasteiger partial charge < -0.3 is 9.47 Å². The lowest BCUT2D eigenvalue weighted by molar-refractivity contribution is 0.0524. The summed E-state index contributed by atoms with van der Waals surface area (Å²) in [6.45, 7) is 6.48. The Bertz CT molecular complexity index is 1530. The zero-order valence-corrected chi connectivity index (χ0v) is 21.9. The second kappa shape index (κ2) is 10.5. The first-order valence-electron chi connectivity index (χ1n) is 12.6. The number of aromatic nitrogens is 6. The van der Waals surface area contributed by atoms with Crippen molar-refractivity contribution in [3.63, 3.8) is 0 Å².